The molecule has 0 bridgehead atoms. The van der Waals surface area contributed by atoms with Gasteiger partial charge in [-0.1, -0.05) is 60.7 Å². The van der Waals surface area contributed by atoms with Gasteiger partial charge in [-0.05, 0) is 7.05 Å². The fraction of sp³-hybridized carbons (Fsp3) is 0.176. The fourth-order valence-electron chi connectivity index (χ4n) is 2.54. The molecule has 2 unspecified atom stereocenters. The Hall–Kier alpha value is -2.26. The lowest BCUT2D eigenvalue weighted by molar-refractivity contribution is 0.0948. The molecule has 3 nitrogen and oxygen atoms in total. The SMILES string of the molecule is CN1C(C(=O)c2ccccc2)C1C(=O)c1ccccc1. The highest BCUT2D eigenvalue weighted by atomic mass is 16.1. The van der Waals surface area contributed by atoms with E-state index in [1.165, 1.54) is 0 Å². The number of ketones is 2. The van der Waals surface area contributed by atoms with Crippen LogP contribution in [0.1, 0.15) is 20.7 Å². The summed E-state index contributed by atoms with van der Waals surface area (Å²) in [5.74, 6) is 0.0322. The minimum Gasteiger partial charge on any atom is -0.292 e. The summed E-state index contributed by atoms with van der Waals surface area (Å²) >= 11 is 0. The topological polar surface area (TPSA) is 37.1 Å². The first kappa shape index (κ1) is 12.8. The summed E-state index contributed by atoms with van der Waals surface area (Å²) < 4.78 is 0. The maximum atomic E-state index is 12.4. The molecule has 0 aromatic heterocycles. The largest absolute Gasteiger partial charge is 0.292 e. The Morgan fingerprint density at radius 2 is 1.10 bits per heavy atom. The van der Waals surface area contributed by atoms with E-state index in [-0.39, 0.29) is 23.7 Å². The van der Waals surface area contributed by atoms with Crippen molar-refractivity contribution in [1.29, 1.82) is 0 Å². The Bertz CT molecular complexity index is 579. The van der Waals surface area contributed by atoms with E-state index < -0.39 is 0 Å². The molecule has 0 radical (unpaired) electrons. The van der Waals surface area contributed by atoms with E-state index >= 15 is 0 Å². The Morgan fingerprint density at radius 3 is 1.45 bits per heavy atom. The number of nitrogens with zero attached hydrogens (tertiary/aromatic N) is 1. The summed E-state index contributed by atoms with van der Waals surface area (Å²) in [6.07, 6.45) is 0. The van der Waals surface area contributed by atoms with Gasteiger partial charge in [0.2, 0.25) is 0 Å². The Balaban J connectivity index is 1.78. The lowest BCUT2D eigenvalue weighted by atomic mass is 10.0. The lowest BCUT2D eigenvalue weighted by Crippen LogP contribution is -2.16. The molecule has 1 aliphatic rings. The minimum absolute atomic E-state index is 0.0161. The Kier molecular flexibility index (Phi) is 3.20. The third-order valence-corrected chi connectivity index (χ3v) is 3.74. The molecule has 0 aliphatic carbocycles. The molecular formula is C17H15NO2. The van der Waals surface area contributed by atoms with Crippen LogP contribution < -0.4 is 0 Å². The first-order chi connectivity index (χ1) is 9.70. The predicted octanol–water partition coefficient (Wildman–Crippen LogP) is 2.43. The van der Waals surface area contributed by atoms with E-state index in [9.17, 15) is 9.59 Å². The first-order valence-electron chi connectivity index (χ1n) is 6.60. The zero-order valence-corrected chi connectivity index (χ0v) is 11.2. The molecule has 2 aromatic rings. The van der Waals surface area contributed by atoms with Crippen LogP contribution in [0.5, 0.6) is 0 Å². The van der Waals surface area contributed by atoms with Crippen molar-refractivity contribution in [3.8, 4) is 0 Å². The van der Waals surface area contributed by atoms with Crippen LogP contribution in [0, 0.1) is 0 Å². The predicted molar refractivity (Wildman–Crippen MR) is 76.9 cm³/mol. The Morgan fingerprint density at radius 1 is 0.750 bits per heavy atom. The number of carbonyl (C=O) groups is 2. The molecule has 0 saturated carbocycles. The standard InChI is InChI=1S/C17H15NO2/c1-18-14(16(19)12-8-4-2-5-9-12)15(18)17(20)13-10-6-3-7-11-13/h2-11,14-15H,1H3. The minimum atomic E-state index is -0.329. The number of hydrogen-bond donors (Lipinski definition) is 0. The zero-order chi connectivity index (χ0) is 14.1. The third-order valence-electron chi connectivity index (χ3n) is 3.74. The summed E-state index contributed by atoms with van der Waals surface area (Å²) in [5, 5.41) is 0. The van der Waals surface area contributed by atoms with Crippen molar-refractivity contribution in [2.75, 3.05) is 7.05 Å². The fourth-order valence-corrected chi connectivity index (χ4v) is 2.54. The van der Waals surface area contributed by atoms with Crippen LogP contribution >= 0.6 is 0 Å². The monoisotopic (exact) mass is 265 g/mol. The van der Waals surface area contributed by atoms with Crippen molar-refractivity contribution in [3.05, 3.63) is 71.8 Å². The van der Waals surface area contributed by atoms with E-state index in [4.69, 9.17) is 0 Å². The highest BCUT2D eigenvalue weighted by Crippen LogP contribution is 2.31. The van der Waals surface area contributed by atoms with E-state index in [2.05, 4.69) is 0 Å². The normalized spacial score (nSPS) is 24.1. The van der Waals surface area contributed by atoms with Gasteiger partial charge in [0, 0.05) is 11.1 Å². The van der Waals surface area contributed by atoms with Gasteiger partial charge < -0.3 is 0 Å². The second-order valence-corrected chi connectivity index (χ2v) is 5.02. The summed E-state index contributed by atoms with van der Waals surface area (Å²) in [6.45, 7) is 0. The Labute approximate surface area is 117 Å². The van der Waals surface area contributed by atoms with E-state index in [0.717, 1.165) is 0 Å². The molecule has 20 heavy (non-hydrogen) atoms. The van der Waals surface area contributed by atoms with Crippen molar-refractivity contribution in [3.63, 3.8) is 0 Å². The van der Waals surface area contributed by atoms with Gasteiger partial charge in [0.15, 0.2) is 11.6 Å². The molecule has 2 aromatic carbocycles. The van der Waals surface area contributed by atoms with Crippen molar-refractivity contribution in [1.82, 2.24) is 4.90 Å². The molecule has 3 rings (SSSR count). The molecule has 1 aliphatic heterocycles. The number of likely N-dealkylation sites (N-methyl/N-ethyl adjacent to an activating group) is 1. The van der Waals surface area contributed by atoms with Gasteiger partial charge in [0.05, 0.1) is 12.1 Å². The number of Topliss-reactive ketones (excluding diaryl/α,β-unsaturated/α-hetero) is 2. The van der Waals surface area contributed by atoms with E-state index in [0.29, 0.717) is 11.1 Å². The molecule has 2 atom stereocenters. The molecule has 3 heteroatoms. The van der Waals surface area contributed by atoms with Gasteiger partial charge in [0.25, 0.3) is 0 Å². The molecule has 1 fully saturated rings. The summed E-state index contributed by atoms with van der Waals surface area (Å²) in [4.78, 5) is 26.6. The van der Waals surface area contributed by atoms with Gasteiger partial charge in [-0.3, -0.25) is 14.5 Å². The van der Waals surface area contributed by atoms with Crippen LogP contribution in [-0.2, 0) is 0 Å². The second kappa shape index (κ2) is 5.02. The summed E-state index contributed by atoms with van der Waals surface area (Å²) in [5.41, 5.74) is 1.32. The third kappa shape index (κ3) is 2.17. The second-order valence-electron chi connectivity index (χ2n) is 5.02. The van der Waals surface area contributed by atoms with Gasteiger partial charge in [-0.15, -0.1) is 0 Å². The molecular weight excluding hydrogens is 250 g/mol. The van der Waals surface area contributed by atoms with Crippen LogP contribution in [0.4, 0.5) is 0 Å². The smallest absolute Gasteiger partial charge is 0.182 e. The van der Waals surface area contributed by atoms with Crippen molar-refractivity contribution >= 4 is 11.6 Å². The van der Waals surface area contributed by atoms with Gasteiger partial charge in [-0.2, -0.15) is 0 Å². The van der Waals surface area contributed by atoms with Crippen LogP contribution in [0.15, 0.2) is 60.7 Å². The first-order valence-corrected chi connectivity index (χ1v) is 6.60. The van der Waals surface area contributed by atoms with Crippen molar-refractivity contribution in [2.45, 2.75) is 12.1 Å². The average molecular weight is 265 g/mol. The van der Waals surface area contributed by atoms with Crippen LogP contribution in [0.25, 0.3) is 0 Å². The highest BCUT2D eigenvalue weighted by Gasteiger charge is 2.54. The van der Waals surface area contributed by atoms with Crippen molar-refractivity contribution < 1.29 is 9.59 Å². The number of carbonyl (C=O) groups excluding carboxylic acids is 2. The van der Waals surface area contributed by atoms with Crippen molar-refractivity contribution in [2.24, 2.45) is 0 Å². The summed E-state index contributed by atoms with van der Waals surface area (Å²) in [7, 11) is 1.82. The quantitative estimate of drug-likeness (QED) is 0.629. The van der Waals surface area contributed by atoms with Crippen LogP contribution in [0.3, 0.4) is 0 Å². The number of benzene rings is 2. The van der Waals surface area contributed by atoms with Crippen LogP contribution in [-0.4, -0.2) is 35.6 Å². The maximum absolute atomic E-state index is 12.4. The average Bonchev–Trinajstić information content (AvgIpc) is 3.18. The van der Waals surface area contributed by atoms with Crippen LogP contribution in [0.2, 0.25) is 0 Å². The lowest BCUT2D eigenvalue weighted by Gasteiger charge is -1.99. The molecule has 0 N–H and O–H groups in total. The molecule has 1 saturated heterocycles. The van der Waals surface area contributed by atoms with E-state index in [1.54, 1.807) is 24.3 Å². The number of rotatable bonds is 4. The highest BCUT2D eigenvalue weighted by molar-refractivity contribution is 6.12. The van der Waals surface area contributed by atoms with Gasteiger partial charge >= 0.3 is 0 Å². The molecule has 1 heterocycles. The maximum Gasteiger partial charge on any atom is 0.182 e. The molecule has 0 amide bonds. The molecule has 0 spiro atoms. The van der Waals surface area contributed by atoms with Gasteiger partial charge in [0.1, 0.15) is 0 Å². The number of hydrogen-bond acceptors (Lipinski definition) is 3. The van der Waals surface area contributed by atoms with Gasteiger partial charge in [-0.25, -0.2) is 0 Å². The molecule has 100 valence electrons. The van der Waals surface area contributed by atoms with E-state index in [1.807, 2.05) is 48.3 Å². The summed E-state index contributed by atoms with van der Waals surface area (Å²) in [6, 6.07) is 17.6. The zero-order valence-electron chi connectivity index (χ0n) is 11.2.